The minimum absolute atomic E-state index is 0.186. The van der Waals surface area contributed by atoms with Crippen molar-refractivity contribution >= 4 is 120 Å². The zero-order valence-electron chi connectivity index (χ0n) is 39.1. The standard InChI is InChI=1S/C60H35B3N6O3/c1-32-18-33(2)60(34(3)19-32)69-48-29-53-44(27-42(48)62-40-15-9-11-17-51(40)70-56-25-37(66-4)24-50(69)58(56)62)63-43-26-41-45(28-52(43)71-54-22-36(31-65)23-55(72-53)59(54)63)67-46-20-35(30-64)21-49-57(46)61(41)39-14-8-10-16-47(39)68(49)38-12-6-5-7-13-38/h5-29,67H,1-3H3. The van der Waals surface area contributed by atoms with Crippen molar-refractivity contribution in [2.75, 3.05) is 15.1 Å². The third-order valence-electron chi connectivity index (χ3n) is 15.4. The van der Waals surface area contributed by atoms with Crippen LogP contribution in [0.4, 0.5) is 51.2 Å². The second-order valence-electron chi connectivity index (χ2n) is 19.6. The zero-order valence-corrected chi connectivity index (χ0v) is 39.1. The molecule has 15 rings (SSSR count). The van der Waals surface area contributed by atoms with Crippen LogP contribution in [0.1, 0.15) is 27.8 Å². The average Bonchev–Trinajstić information content (AvgIpc) is 3.39. The number of rotatable bonds is 2. The molecule has 0 amide bonds. The summed E-state index contributed by atoms with van der Waals surface area (Å²) in [5.74, 6) is 3.91. The van der Waals surface area contributed by atoms with E-state index >= 15 is 0 Å². The Morgan fingerprint density at radius 2 is 1.08 bits per heavy atom. The Hall–Kier alpha value is -9.56. The van der Waals surface area contributed by atoms with Crippen LogP contribution in [0.2, 0.25) is 0 Å². The monoisotopic (exact) mass is 920 g/mol. The molecule has 0 aromatic heterocycles. The smallest absolute Gasteiger partial charge is 0.260 e. The number of fused-ring (bicyclic) bond motifs is 12. The normalized spacial score (nSPS) is 13.8. The van der Waals surface area contributed by atoms with E-state index in [1.165, 1.54) is 5.56 Å². The van der Waals surface area contributed by atoms with Crippen LogP contribution in [0, 0.1) is 50.0 Å². The number of benzene rings is 9. The number of nitrogens with one attached hydrogen (secondary N) is 1. The molecule has 0 spiro atoms. The molecule has 0 fully saturated rings. The van der Waals surface area contributed by atoms with Crippen molar-refractivity contribution in [3.8, 4) is 46.6 Å². The summed E-state index contributed by atoms with van der Waals surface area (Å²) < 4.78 is 20.8. The highest BCUT2D eigenvalue weighted by Gasteiger charge is 2.48. The lowest BCUT2D eigenvalue weighted by molar-refractivity contribution is 0.464. The maximum Gasteiger partial charge on any atom is 0.260 e. The first-order valence-electron chi connectivity index (χ1n) is 24.1. The van der Waals surface area contributed by atoms with Crippen LogP contribution < -0.4 is 78.5 Å². The first-order valence-corrected chi connectivity index (χ1v) is 24.1. The van der Waals surface area contributed by atoms with Gasteiger partial charge in [-0.1, -0.05) is 84.4 Å². The fourth-order valence-corrected chi connectivity index (χ4v) is 12.8. The van der Waals surface area contributed by atoms with Crippen molar-refractivity contribution in [1.82, 2.24) is 0 Å². The summed E-state index contributed by atoms with van der Waals surface area (Å²) in [5.41, 5.74) is 21.7. The van der Waals surface area contributed by atoms with Crippen molar-refractivity contribution in [1.29, 1.82) is 10.5 Å². The molecular formula is C60H35B3N6O3. The molecule has 332 valence electrons. The van der Waals surface area contributed by atoms with Gasteiger partial charge in [-0.25, -0.2) is 4.85 Å². The Balaban J connectivity index is 0.994. The van der Waals surface area contributed by atoms with Gasteiger partial charge in [0.15, 0.2) is 5.69 Å². The summed E-state index contributed by atoms with van der Waals surface area (Å²) in [4.78, 5) is 8.55. The summed E-state index contributed by atoms with van der Waals surface area (Å²) >= 11 is 0. The molecule has 1 N–H and O–H groups in total. The number of hydrogen-bond acceptors (Lipinski definition) is 8. The molecule has 12 heteroatoms. The van der Waals surface area contributed by atoms with Crippen LogP contribution >= 0.6 is 0 Å². The third kappa shape index (κ3) is 5.42. The molecule has 6 aliphatic rings. The molecule has 0 saturated heterocycles. The number of para-hydroxylation sites is 3. The van der Waals surface area contributed by atoms with E-state index in [1.807, 2.05) is 66.7 Å². The molecule has 0 unspecified atom stereocenters. The number of aryl methyl sites for hydroxylation is 3. The van der Waals surface area contributed by atoms with Crippen molar-refractivity contribution in [2.45, 2.75) is 20.8 Å². The second-order valence-corrected chi connectivity index (χ2v) is 19.6. The quantitative estimate of drug-likeness (QED) is 0.137. The summed E-state index contributed by atoms with van der Waals surface area (Å²) in [7, 11) is 0. The number of ether oxygens (including phenoxy) is 3. The summed E-state index contributed by atoms with van der Waals surface area (Å²) in [6.07, 6.45) is 0. The number of nitrogens with zero attached hydrogens (tertiary/aromatic N) is 5. The summed E-state index contributed by atoms with van der Waals surface area (Å²) in [6, 6.07) is 56.8. The average molecular weight is 920 g/mol. The van der Waals surface area contributed by atoms with Crippen molar-refractivity contribution in [3.63, 3.8) is 0 Å². The predicted octanol–water partition coefficient (Wildman–Crippen LogP) is 8.40. The number of anilines is 8. The fourth-order valence-electron chi connectivity index (χ4n) is 12.8. The highest BCUT2D eigenvalue weighted by atomic mass is 16.5. The first-order chi connectivity index (χ1) is 35.3. The van der Waals surface area contributed by atoms with Gasteiger partial charge in [-0.3, -0.25) is 0 Å². The van der Waals surface area contributed by atoms with Crippen LogP contribution in [-0.2, 0) is 0 Å². The molecule has 0 saturated carbocycles. The van der Waals surface area contributed by atoms with Gasteiger partial charge in [-0.05, 0) is 136 Å². The Bertz CT molecular complexity index is 4120. The SMILES string of the molecule is [C-]#[N+]c1cc2c3c(c1)N(c1c(C)cc(C)cc1C)c1cc4c(cc1B3c1ccccc1O2)B1c2cc3c(cc2Oc2cc(C#N)cc(c21)O4)Nc1cc(C#N)cc2c1B3c1ccccc1N2c1ccccc1. The van der Waals surface area contributed by atoms with E-state index in [0.29, 0.717) is 45.6 Å². The Labute approximate surface area is 416 Å². The molecule has 0 atom stereocenters. The predicted molar refractivity (Wildman–Crippen MR) is 289 cm³/mol. The van der Waals surface area contributed by atoms with Crippen LogP contribution in [-0.4, -0.2) is 20.1 Å². The molecular weight excluding hydrogens is 885 g/mol. The van der Waals surface area contributed by atoms with Crippen LogP contribution in [0.3, 0.4) is 0 Å². The van der Waals surface area contributed by atoms with E-state index in [4.69, 9.17) is 20.8 Å². The van der Waals surface area contributed by atoms with Crippen LogP contribution in [0.15, 0.2) is 152 Å². The van der Waals surface area contributed by atoms with Gasteiger partial charge in [-0.2, -0.15) is 10.5 Å². The number of nitriles is 2. The van der Waals surface area contributed by atoms with E-state index in [9.17, 15) is 10.5 Å². The molecule has 0 aliphatic carbocycles. The first kappa shape index (κ1) is 40.3. The topological polar surface area (TPSA) is 98.1 Å². The summed E-state index contributed by atoms with van der Waals surface area (Å²) in [5, 5.41) is 24.7. The lowest BCUT2D eigenvalue weighted by Gasteiger charge is -2.43. The maximum atomic E-state index is 10.4. The Kier molecular flexibility index (Phi) is 8.12. The van der Waals surface area contributed by atoms with Gasteiger partial charge in [0.1, 0.15) is 34.5 Å². The zero-order chi connectivity index (χ0) is 48.3. The van der Waals surface area contributed by atoms with Crippen molar-refractivity contribution in [2.24, 2.45) is 0 Å². The number of hydrogen-bond donors (Lipinski definition) is 1. The molecule has 6 aliphatic heterocycles. The molecule has 72 heavy (non-hydrogen) atoms. The van der Waals surface area contributed by atoms with Gasteiger partial charge in [0.25, 0.3) is 20.1 Å². The lowest BCUT2D eigenvalue weighted by Crippen LogP contribution is -2.64. The van der Waals surface area contributed by atoms with Crippen LogP contribution in [0.25, 0.3) is 4.85 Å². The Morgan fingerprint density at radius 3 is 1.83 bits per heavy atom. The fraction of sp³-hybridized carbons (Fsp3) is 0.0500. The van der Waals surface area contributed by atoms with E-state index in [1.54, 1.807) is 0 Å². The van der Waals surface area contributed by atoms with Gasteiger partial charge < -0.3 is 29.3 Å². The minimum atomic E-state index is -0.357. The molecule has 9 nitrogen and oxygen atoms in total. The Morgan fingerprint density at radius 1 is 0.472 bits per heavy atom. The van der Waals surface area contributed by atoms with Gasteiger partial charge >= 0.3 is 0 Å². The van der Waals surface area contributed by atoms with Gasteiger partial charge in [0.05, 0.1) is 35.5 Å². The highest BCUT2D eigenvalue weighted by Crippen LogP contribution is 2.48. The van der Waals surface area contributed by atoms with E-state index in [0.717, 1.165) is 112 Å². The maximum absolute atomic E-state index is 10.4. The van der Waals surface area contributed by atoms with E-state index in [-0.39, 0.29) is 20.1 Å². The molecule has 9 aromatic rings. The van der Waals surface area contributed by atoms with E-state index < -0.39 is 0 Å². The minimum Gasteiger partial charge on any atom is -0.460 e. The van der Waals surface area contributed by atoms with Crippen molar-refractivity contribution < 1.29 is 14.2 Å². The lowest BCUT2D eigenvalue weighted by atomic mass is 9.30. The molecule has 9 aromatic carbocycles. The van der Waals surface area contributed by atoms with Gasteiger partial charge in [0.2, 0.25) is 0 Å². The molecule has 0 radical (unpaired) electrons. The largest absolute Gasteiger partial charge is 0.460 e. The van der Waals surface area contributed by atoms with Gasteiger partial charge in [-0.15, -0.1) is 0 Å². The van der Waals surface area contributed by atoms with Gasteiger partial charge in [0, 0.05) is 57.4 Å². The van der Waals surface area contributed by atoms with E-state index in [2.05, 4.69) is 138 Å². The third-order valence-corrected chi connectivity index (χ3v) is 15.4. The second kappa shape index (κ2) is 14.5. The van der Waals surface area contributed by atoms with Crippen molar-refractivity contribution in [3.05, 3.63) is 191 Å². The van der Waals surface area contributed by atoms with Crippen LogP contribution in [0.5, 0.6) is 34.5 Å². The highest BCUT2D eigenvalue weighted by molar-refractivity contribution is 7.03. The summed E-state index contributed by atoms with van der Waals surface area (Å²) in [6.45, 7) is 13.9. The molecule has 6 heterocycles. The molecule has 0 bridgehead atoms.